The second kappa shape index (κ2) is 7.52. The van der Waals surface area contributed by atoms with E-state index in [1.54, 1.807) is 6.07 Å². The van der Waals surface area contributed by atoms with Crippen LogP contribution < -0.4 is 10.2 Å². The van der Waals surface area contributed by atoms with E-state index in [1.165, 1.54) is 12.8 Å². The van der Waals surface area contributed by atoms with Gasteiger partial charge in [-0.25, -0.2) is 4.98 Å². The molecule has 21 heavy (non-hydrogen) atoms. The molecule has 1 saturated heterocycles. The van der Waals surface area contributed by atoms with Gasteiger partial charge in [0.25, 0.3) is 0 Å². The van der Waals surface area contributed by atoms with Gasteiger partial charge in [0.1, 0.15) is 11.6 Å². The van der Waals surface area contributed by atoms with Crippen molar-refractivity contribution in [1.82, 2.24) is 9.88 Å². The summed E-state index contributed by atoms with van der Waals surface area (Å²) >= 11 is 12.6. The second-order valence-electron chi connectivity index (χ2n) is 5.72. The van der Waals surface area contributed by atoms with Crippen molar-refractivity contribution in [3.8, 4) is 0 Å². The molecule has 2 rings (SSSR count). The molecule has 1 fully saturated rings. The Morgan fingerprint density at radius 2 is 2.19 bits per heavy atom. The summed E-state index contributed by atoms with van der Waals surface area (Å²) in [7, 11) is 4.22. The molecule has 1 aromatic rings. The van der Waals surface area contributed by atoms with Crippen LogP contribution in [-0.4, -0.2) is 49.7 Å². The molecule has 0 radical (unpaired) electrons. The highest BCUT2D eigenvalue weighted by Gasteiger charge is 2.24. The van der Waals surface area contributed by atoms with E-state index in [-0.39, 0.29) is 0 Å². The third-order valence-corrected chi connectivity index (χ3v) is 4.50. The second-order valence-corrected chi connectivity index (χ2v) is 6.53. The number of halogens is 2. The molecule has 1 aliphatic heterocycles. The maximum atomic E-state index is 6.36. The Labute approximate surface area is 137 Å². The molecule has 0 saturated carbocycles. The summed E-state index contributed by atoms with van der Waals surface area (Å²) in [5, 5.41) is 4.44. The van der Waals surface area contributed by atoms with Crippen LogP contribution in [0, 0.1) is 0 Å². The largest absolute Gasteiger partial charge is 0.369 e. The lowest BCUT2D eigenvalue weighted by Crippen LogP contribution is -2.45. The van der Waals surface area contributed by atoms with Gasteiger partial charge in [-0.1, -0.05) is 30.1 Å². The van der Waals surface area contributed by atoms with Crippen molar-refractivity contribution in [3.63, 3.8) is 0 Å². The van der Waals surface area contributed by atoms with Gasteiger partial charge in [-0.3, -0.25) is 0 Å². The minimum Gasteiger partial charge on any atom is -0.369 e. The van der Waals surface area contributed by atoms with Crippen LogP contribution in [0.2, 0.25) is 10.0 Å². The van der Waals surface area contributed by atoms with Gasteiger partial charge in [0, 0.05) is 26.2 Å². The topological polar surface area (TPSA) is 31.4 Å². The van der Waals surface area contributed by atoms with Crippen molar-refractivity contribution in [2.75, 3.05) is 43.9 Å². The van der Waals surface area contributed by atoms with Crippen molar-refractivity contribution in [2.45, 2.75) is 32.2 Å². The molecule has 1 aromatic heterocycles. The monoisotopic (exact) mass is 330 g/mol. The van der Waals surface area contributed by atoms with Gasteiger partial charge in [0.05, 0.1) is 10.0 Å². The van der Waals surface area contributed by atoms with Crippen molar-refractivity contribution in [1.29, 1.82) is 0 Å². The number of pyridine rings is 1. The number of anilines is 2. The quantitative estimate of drug-likeness (QED) is 0.891. The number of nitrogens with zero attached hydrogens (tertiary/aromatic N) is 3. The molecule has 0 spiro atoms. The summed E-state index contributed by atoms with van der Waals surface area (Å²) in [5.74, 6) is 1.52. The average Bonchev–Trinajstić information content (AvgIpc) is 2.46. The summed E-state index contributed by atoms with van der Waals surface area (Å²) in [6.45, 7) is 5.16. The average molecular weight is 331 g/mol. The van der Waals surface area contributed by atoms with Gasteiger partial charge in [0.15, 0.2) is 0 Å². The molecular formula is C15H24Cl2N4. The lowest BCUT2D eigenvalue weighted by atomic mass is 10.1. The number of rotatable bonds is 5. The Morgan fingerprint density at radius 3 is 2.86 bits per heavy atom. The molecule has 0 aromatic carbocycles. The number of nitrogens with one attached hydrogen (secondary N) is 1. The number of likely N-dealkylation sites (tertiary alicyclic amines) is 1. The Morgan fingerprint density at radius 1 is 1.43 bits per heavy atom. The normalized spacial score (nSPS) is 19.6. The van der Waals surface area contributed by atoms with E-state index in [0.29, 0.717) is 21.9 Å². The smallest absolute Gasteiger partial charge is 0.149 e. The minimum absolute atomic E-state index is 0.439. The van der Waals surface area contributed by atoms with Gasteiger partial charge in [-0.2, -0.15) is 0 Å². The first-order chi connectivity index (χ1) is 10.0. The van der Waals surface area contributed by atoms with Crippen LogP contribution in [-0.2, 0) is 0 Å². The van der Waals surface area contributed by atoms with E-state index in [2.05, 4.69) is 41.1 Å². The molecular weight excluding hydrogens is 307 g/mol. The third kappa shape index (κ3) is 4.15. The molecule has 0 bridgehead atoms. The van der Waals surface area contributed by atoms with Crippen LogP contribution in [0.5, 0.6) is 0 Å². The Balaban J connectivity index is 2.20. The molecule has 1 aliphatic rings. The first-order valence-corrected chi connectivity index (χ1v) is 8.29. The molecule has 4 nitrogen and oxygen atoms in total. The van der Waals surface area contributed by atoms with E-state index < -0.39 is 0 Å². The van der Waals surface area contributed by atoms with E-state index in [9.17, 15) is 0 Å². The number of hydrogen-bond donors (Lipinski definition) is 1. The Bertz CT molecular complexity index is 481. The summed E-state index contributed by atoms with van der Waals surface area (Å²) < 4.78 is 0. The van der Waals surface area contributed by atoms with E-state index >= 15 is 0 Å². The predicted octanol–water partition coefficient (Wildman–Crippen LogP) is 3.74. The molecule has 6 heteroatoms. The number of piperidine rings is 1. The zero-order chi connectivity index (χ0) is 15.4. The van der Waals surface area contributed by atoms with Crippen molar-refractivity contribution in [3.05, 3.63) is 16.1 Å². The first-order valence-electron chi connectivity index (χ1n) is 7.54. The van der Waals surface area contributed by atoms with Crippen molar-refractivity contribution >= 4 is 34.8 Å². The zero-order valence-electron chi connectivity index (χ0n) is 13.0. The van der Waals surface area contributed by atoms with Gasteiger partial charge in [-0.05, 0) is 38.9 Å². The SMILES string of the molecule is CCCNc1nc(N(C)C2CCCN(C)C2)c(Cl)cc1Cl. The molecule has 0 aliphatic carbocycles. The van der Waals surface area contributed by atoms with Crippen LogP contribution in [0.4, 0.5) is 11.6 Å². The first kappa shape index (κ1) is 16.7. The highest BCUT2D eigenvalue weighted by Crippen LogP contribution is 2.32. The maximum absolute atomic E-state index is 6.36. The third-order valence-electron chi connectivity index (χ3n) is 3.93. The highest BCUT2D eigenvalue weighted by molar-refractivity contribution is 6.37. The lowest BCUT2D eigenvalue weighted by molar-refractivity contribution is 0.247. The van der Waals surface area contributed by atoms with Crippen molar-refractivity contribution in [2.24, 2.45) is 0 Å². The van der Waals surface area contributed by atoms with Gasteiger partial charge in [0.2, 0.25) is 0 Å². The summed E-state index contributed by atoms with van der Waals surface area (Å²) in [6, 6.07) is 2.22. The molecule has 2 heterocycles. The molecule has 118 valence electrons. The van der Waals surface area contributed by atoms with E-state index in [4.69, 9.17) is 23.2 Å². The van der Waals surface area contributed by atoms with E-state index in [1.807, 2.05) is 0 Å². The van der Waals surface area contributed by atoms with E-state index in [0.717, 1.165) is 31.9 Å². The summed E-state index contributed by atoms with van der Waals surface area (Å²) in [6.07, 6.45) is 3.40. The Hall–Kier alpha value is -0.710. The maximum Gasteiger partial charge on any atom is 0.149 e. The number of hydrogen-bond acceptors (Lipinski definition) is 4. The standard InChI is InChI=1S/C15H24Cl2N4/c1-4-7-18-14-12(16)9-13(17)15(19-14)21(3)11-6-5-8-20(2)10-11/h9,11H,4-8,10H2,1-3H3,(H,18,19). The summed E-state index contributed by atoms with van der Waals surface area (Å²) in [4.78, 5) is 9.18. The molecule has 1 N–H and O–H groups in total. The van der Waals surface area contributed by atoms with Crippen LogP contribution >= 0.6 is 23.2 Å². The highest BCUT2D eigenvalue weighted by atomic mass is 35.5. The molecule has 0 amide bonds. The summed E-state index contributed by atoms with van der Waals surface area (Å²) in [5.41, 5.74) is 0. The number of likely N-dealkylation sites (N-methyl/N-ethyl adjacent to an activating group) is 2. The van der Waals surface area contributed by atoms with Gasteiger partial charge in [-0.15, -0.1) is 0 Å². The van der Waals surface area contributed by atoms with Crippen LogP contribution in [0.3, 0.4) is 0 Å². The fourth-order valence-corrected chi connectivity index (χ4v) is 3.26. The fraction of sp³-hybridized carbons (Fsp3) is 0.667. The van der Waals surface area contributed by atoms with Crippen LogP contribution in [0.15, 0.2) is 6.07 Å². The molecule has 1 atom stereocenters. The van der Waals surface area contributed by atoms with Crippen LogP contribution in [0.1, 0.15) is 26.2 Å². The fourth-order valence-electron chi connectivity index (χ4n) is 2.70. The molecule has 1 unspecified atom stereocenters. The van der Waals surface area contributed by atoms with Gasteiger partial charge >= 0.3 is 0 Å². The van der Waals surface area contributed by atoms with Crippen LogP contribution in [0.25, 0.3) is 0 Å². The van der Waals surface area contributed by atoms with Gasteiger partial charge < -0.3 is 15.1 Å². The lowest BCUT2D eigenvalue weighted by Gasteiger charge is -2.37. The number of aromatic nitrogens is 1. The zero-order valence-corrected chi connectivity index (χ0v) is 14.5. The minimum atomic E-state index is 0.439. The Kier molecular flexibility index (Phi) is 5.97. The van der Waals surface area contributed by atoms with Crippen molar-refractivity contribution < 1.29 is 0 Å². The predicted molar refractivity (Wildman–Crippen MR) is 92.0 cm³/mol.